The zero-order valence-corrected chi connectivity index (χ0v) is 79.8. The van der Waals surface area contributed by atoms with Crippen molar-refractivity contribution in [2.75, 3.05) is 0 Å². The largest absolute Gasteiger partial charge is 0.528 e. The number of hydrogen-bond donors (Lipinski definition) is 0. The van der Waals surface area contributed by atoms with Crippen LogP contribution in [0.2, 0.25) is 0 Å². The number of Topliss-reactive ketones (excluding diaryl/α,β-unsaturated/α-hetero) is 2. The molecular weight excluding hydrogens is 1650 g/mol. The maximum atomic E-state index is 15.6. The number of thiophene rings is 4. The Bertz CT molecular complexity index is 5290. The molecule has 10 aromatic rings. The van der Waals surface area contributed by atoms with Crippen LogP contribution in [0.4, 0.5) is 17.6 Å². The number of rotatable bonds is 58. The van der Waals surface area contributed by atoms with Gasteiger partial charge in [-0.25, -0.2) is 17.6 Å². The average molecular weight is 1790 g/mol. The summed E-state index contributed by atoms with van der Waals surface area (Å²) in [6, 6.07) is 7.86. The molecule has 0 spiro atoms. The summed E-state index contributed by atoms with van der Waals surface area (Å²) in [5.41, 5.74) is 8.36. The summed E-state index contributed by atoms with van der Waals surface area (Å²) >= 11 is 8.20. The third-order valence-corrected chi connectivity index (χ3v) is 32.6. The van der Waals surface area contributed by atoms with E-state index in [0.717, 1.165) is 233 Å². The fourth-order valence-corrected chi connectivity index (χ4v) is 26.5. The molecule has 0 radical (unpaired) electrons. The van der Waals surface area contributed by atoms with Gasteiger partial charge in [0.15, 0.2) is 34.8 Å². The van der Waals surface area contributed by atoms with E-state index in [2.05, 4.69) is 60.4 Å². The summed E-state index contributed by atoms with van der Waals surface area (Å²) in [5, 5.41) is 23.6. The molecule has 2 unspecified atom stereocenters. The van der Waals surface area contributed by atoms with E-state index < -0.39 is 34.8 Å². The number of halogens is 4. The number of nitrogens with zero attached hydrogens (tertiary/aromatic N) is 8. The lowest BCUT2D eigenvalue weighted by atomic mass is 9.93. The Hall–Kier alpha value is -7.62. The lowest BCUT2D eigenvalue weighted by Gasteiger charge is -2.22. The molecule has 3 aromatic carbocycles. The first-order valence-electron chi connectivity index (χ1n) is 48.8. The van der Waals surface area contributed by atoms with E-state index in [1.165, 1.54) is 230 Å². The minimum atomic E-state index is -1.18. The van der Waals surface area contributed by atoms with Gasteiger partial charge in [0, 0.05) is 61.5 Å². The highest BCUT2D eigenvalue weighted by molar-refractivity contribution is 7.34. The summed E-state index contributed by atoms with van der Waals surface area (Å²) in [4.78, 5) is 39.3. The SMILES string of the molecule is [C-]#[N+]C([N+]#[C-])=C1/C(=C/c2sc3c(sc4c5c6nsnc6c6c7sc8c(CCCCCCCCCCC)c(/C=C9\C(=O)c%10cc(F)c(F)cc%10C9=C(C#N)C#N)sc8c7n(CC(CCCCCCCC)CCCCCCCCCC)c6c5n(CC(CCCCCCCC)CCCCCCCCCC)c34)c2CCCCCCCCCCC)C(=O)c2cc(F)c(F)cc21. The number of nitriles is 2. The highest BCUT2D eigenvalue weighted by atomic mass is 32.1. The topological polar surface area (TPSA) is 126 Å². The Kier molecular flexibility index (Phi) is 38.0. The van der Waals surface area contributed by atoms with E-state index in [1.54, 1.807) is 22.7 Å². The Morgan fingerprint density at radius 2 is 0.672 bits per heavy atom. The van der Waals surface area contributed by atoms with Gasteiger partial charge in [-0.15, -0.1) is 45.3 Å². The molecule has 2 atom stereocenters. The highest BCUT2D eigenvalue weighted by Gasteiger charge is 2.40. The molecule has 125 heavy (non-hydrogen) atoms. The zero-order valence-electron chi connectivity index (χ0n) is 75.7. The third kappa shape index (κ3) is 23.2. The number of benzene rings is 3. The Labute approximate surface area is 762 Å². The number of hydrogen-bond acceptors (Lipinski definition) is 11. The van der Waals surface area contributed by atoms with Crippen molar-refractivity contribution in [2.24, 2.45) is 11.8 Å². The maximum absolute atomic E-state index is 15.6. The molecule has 2 aliphatic rings. The molecule has 10 nitrogen and oxygen atoms in total. The van der Waals surface area contributed by atoms with Crippen LogP contribution in [0.1, 0.15) is 415 Å². The van der Waals surface area contributed by atoms with Gasteiger partial charge in [0.25, 0.3) is 0 Å². The van der Waals surface area contributed by atoms with Crippen molar-refractivity contribution >= 4 is 164 Å². The molecule has 7 heterocycles. The molecule has 0 fully saturated rings. The second kappa shape index (κ2) is 49.2. The molecule has 7 aromatic heterocycles. The van der Waals surface area contributed by atoms with Gasteiger partial charge >= 0.3 is 5.82 Å². The first kappa shape index (κ1) is 96.5. The monoisotopic (exact) mass is 1790 g/mol. The van der Waals surface area contributed by atoms with Gasteiger partial charge in [0.1, 0.15) is 41.9 Å². The number of unbranched alkanes of at least 4 members (excludes halogenated alkanes) is 40. The summed E-state index contributed by atoms with van der Waals surface area (Å²) in [7, 11) is 0. The minimum Gasteiger partial charge on any atom is -0.337 e. The van der Waals surface area contributed by atoms with E-state index in [9.17, 15) is 10.5 Å². The van der Waals surface area contributed by atoms with E-state index in [4.69, 9.17) is 21.9 Å². The molecule has 668 valence electrons. The van der Waals surface area contributed by atoms with Gasteiger partial charge in [0.05, 0.1) is 67.6 Å². The molecular formula is C106H134F4N8O2S5. The number of aromatic nitrogens is 4. The van der Waals surface area contributed by atoms with Crippen molar-refractivity contribution < 1.29 is 27.2 Å². The number of ketones is 2. The predicted molar refractivity (Wildman–Crippen MR) is 525 cm³/mol. The quantitative estimate of drug-likeness (QED) is 0.0123. The van der Waals surface area contributed by atoms with Crippen LogP contribution in [0.3, 0.4) is 0 Å². The number of aryl methyl sites for hydroxylation is 2. The van der Waals surface area contributed by atoms with Gasteiger partial charge < -0.3 is 9.13 Å². The van der Waals surface area contributed by atoms with E-state index >= 15 is 27.2 Å². The lowest BCUT2D eigenvalue weighted by Crippen LogP contribution is -2.14. The molecule has 19 heteroatoms. The normalized spacial score (nSPS) is 14.1. The van der Waals surface area contributed by atoms with Crippen LogP contribution in [0, 0.1) is 70.9 Å². The van der Waals surface area contributed by atoms with Crippen LogP contribution in [0.5, 0.6) is 0 Å². The first-order chi connectivity index (χ1) is 61.2. The smallest absolute Gasteiger partial charge is 0.337 e. The molecule has 0 saturated heterocycles. The molecule has 12 rings (SSSR count). The summed E-state index contributed by atoms with van der Waals surface area (Å²) < 4.78 is 85.4. The first-order valence-corrected chi connectivity index (χ1v) is 52.8. The van der Waals surface area contributed by atoms with Crippen LogP contribution < -0.4 is 0 Å². The van der Waals surface area contributed by atoms with Crippen LogP contribution in [0.25, 0.3) is 105 Å². The highest BCUT2D eigenvalue weighted by Crippen LogP contribution is 2.57. The summed E-state index contributed by atoms with van der Waals surface area (Å²) in [5.74, 6) is -5.52. The van der Waals surface area contributed by atoms with E-state index in [-0.39, 0.29) is 55.9 Å². The van der Waals surface area contributed by atoms with Crippen LogP contribution >= 0.6 is 57.1 Å². The van der Waals surface area contributed by atoms with Crippen LogP contribution in [0.15, 0.2) is 46.8 Å². The number of carbonyl (C=O) groups is 2. The number of allylic oxidation sites excluding steroid dienone is 5. The summed E-state index contributed by atoms with van der Waals surface area (Å²) in [6.45, 7) is 31.7. The minimum absolute atomic E-state index is 0.0253. The van der Waals surface area contributed by atoms with Gasteiger partial charge in [-0.3, -0.25) is 9.59 Å². The molecule has 0 saturated carbocycles. The molecule has 0 aliphatic heterocycles. The standard InChI is InChI=1S/C106H134F4N8O2S5/c1-9-15-21-27-33-37-41-47-53-59-74-86(65-80-88(73(67-111)68-112)76-61-82(107)84(109)63-78(76)98(80)119)121-104-96-102(123-100(74)104)90-92-93(116-125-115-92)91-95(94(90)117(96)69-71(55-49-43-31-25-19-13-5)57-51-45-39-35-29-23-17-11-3)118(70-72(56-50-44-32-26-20-14-6)58-52-46-40-36-30-24-18-12-4)97-103(91)124-101-75(60-54-48-42-38-34-28-22-16-10-2)87(122-105(97)101)66-81-89(106(113-7)114-8)77-62-83(108)85(110)64-79(77)99(81)120/h61-66,71-72H,9-60,69-70H2,1-6H3/b80-65-,81-66-. The fraction of sp³-hybridized carbons (Fsp3) is 0.585. The predicted octanol–water partition coefficient (Wildman–Crippen LogP) is 35.8. The van der Waals surface area contributed by atoms with Crippen molar-refractivity contribution in [1.82, 2.24) is 17.9 Å². The Morgan fingerprint density at radius 1 is 0.384 bits per heavy atom. The fourth-order valence-electron chi connectivity index (χ4n) is 20.0. The van der Waals surface area contributed by atoms with E-state index in [0.29, 0.717) is 24.7 Å². The zero-order chi connectivity index (χ0) is 88.1. The van der Waals surface area contributed by atoms with Crippen LogP contribution in [-0.4, -0.2) is 29.4 Å². The molecule has 2 aliphatic carbocycles. The van der Waals surface area contributed by atoms with E-state index in [1.807, 2.05) is 47.0 Å². The Balaban J connectivity index is 1.16. The van der Waals surface area contributed by atoms with Crippen molar-refractivity contribution in [2.45, 2.75) is 389 Å². The molecule has 0 N–H and O–H groups in total. The number of fused-ring (bicyclic) bond motifs is 16. The van der Waals surface area contributed by atoms with Crippen molar-refractivity contribution in [3.05, 3.63) is 136 Å². The van der Waals surface area contributed by atoms with Gasteiger partial charge in [0.2, 0.25) is 0 Å². The second-order valence-corrected chi connectivity index (χ2v) is 40.9. The van der Waals surface area contributed by atoms with Crippen molar-refractivity contribution in [3.63, 3.8) is 0 Å². The second-order valence-electron chi connectivity index (χ2n) is 36.2. The lowest BCUT2D eigenvalue weighted by molar-refractivity contribution is 0.103. The third-order valence-electron chi connectivity index (χ3n) is 26.9. The van der Waals surface area contributed by atoms with Gasteiger partial charge in [-0.1, -0.05) is 324 Å². The van der Waals surface area contributed by atoms with Crippen molar-refractivity contribution in [1.29, 1.82) is 10.5 Å². The van der Waals surface area contributed by atoms with Gasteiger partial charge in [-0.05, 0) is 122 Å². The maximum Gasteiger partial charge on any atom is 0.528 e. The molecule has 0 bridgehead atoms. The Morgan fingerprint density at radius 3 is 0.984 bits per heavy atom. The summed E-state index contributed by atoms with van der Waals surface area (Å²) in [6.07, 6.45) is 63.7. The van der Waals surface area contributed by atoms with Crippen LogP contribution in [-0.2, 0) is 25.9 Å². The number of carbonyl (C=O) groups excluding carboxylic acids is 2. The van der Waals surface area contributed by atoms with Crippen molar-refractivity contribution in [3.8, 4) is 12.1 Å². The van der Waals surface area contributed by atoms with Gasteiger partial charge in [-0.2, -0.15) is 29.0 Å². The molecule has 0 amide bonds. The average Bonchev–Trinajstić information content (AvgIpc) is 1.50.